The number of nitrogens with zero attached hydrogens (tertiary/aromatic N) is 1. The van der Waals surface area contributed by atoms with Crippen LogP contribution < -0.4 is 5.56 Å². The Kier molecular flexibility index (Phi) is 9.26. The van der Waals surface area contributed by atoms with Gasteiger partial charge in [-0.2, -0.15) is 0 Å². The van der Waals surface area contributed by atoms with Crippen LogP contribution in [-0.2, 0) is 0 Å². The van der Waals surface area contributed by atoms with Crippen molar-refractivity contribution in [3.05, 3.63) is 21.0 Å². The van der Waals surface area contributed by atoms with Crippen molar-refractivity contribution in [2.75, 3.05) is 5.75 Å². The minimum absolute atomic E-state index is 0.103. The average Bonchev–Trinajstić information content (AvgIpc) is 2.41. The average molecular weight is 347 g/mol. The molecule has 0 unspecified atom stereocenters. The highest BCUT2D eigenvalue weighted by molar-refractivity contribution is 9.10. The van der Waals surface area contributed by atoms with Crippen molar-refractivity contribution < 1.29 is 0 Å². The molecule has 0 fully saturated rings. The van der Waals surface area contributed by atoms with Crippen LogP contribution in [-0.4, -0.2) is 15.7 Å². The van der Waals surface area contributed by atoms with E-state index in [1.165, 1.54) is 51.4 Å². The molecule has 1 aromatic rings. The lowest BCUT2D eigenvalue weighted by Crippen LogP contribution is -2.08. The standard InChI is InChI=1S/C14H23BrN2OS/c1-2-3-4-5-6-7-8-9-10-19-14-16-11-12(15)13(18)17-14/h11H,2-10H2,1H3,(H,16,17,18). The van der Waals surface area contributed by atoms with E-state index < -0.39 is 0 Å². The van der Waals surface area contributed by atoms with Gasteiger partial charge in [0.1, 0.15) is 4.47 Å². The summed E-state index contributed by atoms with van der Waals surface area (Å²) in [5.74, 6) is 1.03. The number of aromatic nitrogens is 2. The molecule has 1 aromatic heterocycles. The predicted molar refractivity (Wildman–Crippen MR) is 85.9 cm³/mol. The molecule has 5 heteroatoms. The molecule has 0 saturated carbocycles. The Morgan fingerprint density at radius 3 is 2.42 bits per heavy atom. The van der Waals surface area contributed by atoms with Crippen LogP contribution in [0.5, 0.6) is 0 Å². The largest absolute Gasteiger partial charge is 0.301 e. The number of rotatable bonds is 10. The molecule has 0 bridgehead atoms. The number of unbranched alkanes of at least 4 members (excludes halogenated alkanes) is 7. The molecule has 1 heterocycles. The molecular weight excluding hydrogens is 324 g/mol. The Labute approximate surface area is 128 Å². The molecular formula is C14H23BrN2OS. The highest BCUT2D eigenvalue weighted by Crippen LogP contribution is 2.15. The first-order valence-electron chi connectivity index (χ1n) is 7.11. The molecule has 0 spiro atoms. The van der Waals surface area contributed by atoms with Gasteiger partial charge in [0, 0.05) is 11.9 Å². The van der Waals surface area contributed by atoms with Gasteiger partial charge < -0.3 is 4.98 Å². The van der Waals surface area contributed by atoms with Crippen LogP contribution >= 0.6 is 27.7 Å². The fourth-order valence-corrected chi connectivity index (χ4v) is 2.88. The van der Waals surface area contributed by atoms with Crippen molar-refractivity contribution >= 4 is 27.7 Å². The first-order chi connectivity index (χ1) is 9.24. The summed E-state index contributed by atoms with van der Waals surface area (Å²) in [6, 6.07) is 0. The van der Waals surface area contributed by atoms with Crippen LogP contribution in [0.3, 0.4) is 0 Å². The van der Waals surface area contributed by atoms with Crippen molar-refractivity contribution in [3.8, 4) is 0 Å². The summed E-state index contributed by atoms with van der Waals surface area (Å²) in [4.78, 5) is 18.3. The third kappa shape index (κ3) is 7.78. The summed E-state index contributed by atoms with van der Waals surface area (Å²) < 4.78 is 0.490. The monoisotopic (exact) mass is 346 g/mol. The van der Waals surface area contributed by atoms with Crippen LogP contribution in [0.1, 0.15) is 58.3 Å². The van der Waals surface area contributed by atoms with Gasteiger partial charge in [-0.15, -0.1) is 0 Å². The minimum Gasteiger partial charge on any atom is -0.301 e. The molecule has 1 rings (SSSR count). The SMILES string of the molecule is CCCCCCCCCCSc1ncc(Br)c(=O)[nH]1. The highest BCUT2D eigenvalue weighted by atomic mass is 79.9. The maximum absolute atomic E-state index is 11.3. The molecule has 0 radical (unpaired) electrons. The van der Waals surface area contributed by atoms with Gasteiger partial charge in [0.15, 0.2) is 5.16 Å². The molecule has 19 heavy (non-hydrogen) atoms. The third-order valence-corrected chi connectivity index (χ3v) is 4.51. The second kappa shape index (κ2) is 10.5. The zero-order valence-corrected chi connectivity index (χ0v) is 14.0. The lowest BCUT2D eigenvalue weighted by Gasteiger charge is -2.02. The van der Waals surface area contributed by atoms with E-state index in [4.69, 9.17) is 0 Å². The van der Waals surface area contributed by atoms with Crippen LogP contribution in [0.15, 0.2) is 20.6 Å². The molecule has 0 aliphatic heterocycles. The van der Waals surface area contributed by atoms with Crippen LogP contribution in [0.2, 0.25) is 0 Å². The molecule has 0 atom stereocenters. The summed E-state index contributed by atoms with van der Waals surface area (Å²) in [6.45, 7) is 2.25. The van der Waals surface area contributed by atoms with Crippen LogP contribution in [0.25, 0.3) is 0 Å². The fraction of sp³-hybridized carbons (Fsp3) is 0.714. The number of hydrogen-bond acceptors (Lipinski definition) is 3. The molecule has 108 valence electrons. The highest BCUT2D eigenvalue weighted by Gasteiger charge is 2.00. The summed E-state index contributed by atoms with van der Waals surface area (Å²) in [5.41, 5.74) is -0.103. The van der Waals surface area contributed by atoms with E-state index in [9.17, 15) is 4.79 Å². The lowest BCUT2D eigenvalue weighted by molar-refractivity contribution is 0.586. The smallest absolute Gasteiger partial charge is 0.265 e. The Balaban J connectivity index is 2.01. The number of halogens is 1. The molecule has 0 saturated heterocycles. The molecule has 1 N–H and O–H groups in total. The van der Waals surface area contributed by atoms with Crippen LogP contribution in [0, 0.1) is 0 Å². The quantitative estimate of drug-likeness (QED) is 0.377. The van der Waals surface area contributed by atoms with E-state index >= 15 is 0 Å². The summed E-state index contributed by atoms with van der Waals surface area (Å²) in [6.07, 6.45) is 12.2. The van der Waals surface area contributed by atoms with Crippen molar-refractivity contribution in [2.45, 2.75) is 63.4 Å². The normalized spacial score (nSPS) is 10.8. The van der Waals surface area contributed by atoms with Gasteiger partial charge in [-0.05, 0) is 22.4 Å². The van der Waals surface area contributed by atoms with E-state index in [0.717, 1.165) is 10.9 Å². The van der Waals surface area contributed by atoms with Gasteiger partial charge in [-0.3, -0.25) is 4.79 Å². The molecule has 0 aromatic carbocycles. The van der Waals surface area contributed by atoms with Crippen molar-refractivity contribution in [1.82, 2.24) is 9.97 Å². The van der Waals surface area contributed by atoms with Crippen LogP contribution in [0.4, 0.5) is 0 Å². The minimum atomic E-state index is -0.103. The van der Waals surface area contributed by atoms with E-state index in [1.807, 2.05) is 0 Å². The number of nitrogens with one attached hydrogen (secondary N) is 1. The van der Waals surface area contributed by atoms with E-state index in [0.29, 0.717) is 4.47 Å². The van der Waals surface area contributed by atoms with Crippen molar-refractivity contribution in [1.29, 1.82) is 0 Å². The van der Waals surface area contributed by atoms with Gasteiger partial charge >= 0.3 is 0 Å². The fourth-order valence-electron chi connectivity index (χ4n) is 1.84. The number of aromatic amines is 1. The van der Waals surface area contributed by atoms with Gasteiger partial charge in [0.25, 0.3) is 5.56 Å². The maximum Gasteiger partial charge on any atom is 0.265 e. The van der Waals surface area contributed by atoms with Gasteiger partial charge in [0.05, 0.1) is 0 Å². The first-order valence-corrected chi connectivity index (χ1v) is 8.89. The Morgan fingerprint density at radius 1 is 1.16 bits per heavy atom. The number of H-pyrrole nitrogens is 1. The van der Waals surface area contributed by atoms with E-state index in [2.05, 4.69) is 32.8 Å². The van der Waals surface area contributed by atoms with Crippen molar-refractivity contribution in [3.63, 3.8) is 0 Å². The maximum atomic E-state index is 11.3. The first kappa shape index (κ1) is 16.8. The Hall–Kier alpha value is -0.290. The third-order valence-electron chi connectivity index (χ3n) is 2.97. The zero-order valence-electron chi connectivity index (χ0n) is 11.6. The van der Waals surface area contributed by atoms with Gasteiger partial charge in [0.2, 0.25) is 0 Å². The Bertz CT molecular complexity index is 409. The summed E-state index contributed by atoms with van der Waals surface area (Å²) >= 11 is 4.77. The van der Waals surface area contributed by atoms with Gasteiger partial charge in [-0.1, -0.05) is 63.6 Å². The summed E-state index contributed by atoms with van der Waals surface area (Å²) in [7, 11) is 0. The second-order valence-electron chi connectivity index (χ2n) is 4.69. The van der Waals surface area contributed by atoms with E-state index in [1.54, 1.807) is 18.0 Å². The topological polar surface area (TPSA) is 45.8 Å². The molecule has 0 amide bonds. The van der Waals surface area contributed by atoms with E-state index in [-0.39, 0.29) is 5.56 Å². The van der Waals surface area contributed by atoms with Crippen molar-refractivity contribution in [2.24, 2.45) is 0 Å². The predicted octanol–water partition coefficient (Wildman–Crippen LogP) is 4.77. The van der Waals surface area contributed by atoms with Gasteiger partial charge in [-0.25, -0.2) is 4.98 Å². The lowest BCUT2D eigenvalue weighted by atomic mass is 10.1. The number of hydrogen-bond donors (Lipinski definition) is 1. The Morgan fingerprint density at radius 2 is 1.79 bits per heavy atom. The summed E-state index contributed by atoms with van der Waals surface area (Å²) in [5, 5.41) is 0.719. The molecule has 0 aliphatic carbocycles. The molecule has 0 aliphatic rings. The number of thioether (sulfide) groups is 1. The molecule has 3 nitrogen and oxygen atoms in total. The second-order valence-corrected chi connectivity index (χ2v) is 6.63. The zero-order chi connectivity index (χ0) is 13.9.